The molecule has 0 spiro atoms. The van der Waals surface area contributed by atoms with E-state index >= 15 is 0 Å². The molecule has 172 valence electrons. The van der Waals surface area contributed by atoms with Crippen LogP contribution in [0.25, 0.3) is 10.2 Å². The second kappa shape index (κ2) is 10.3. The summed E-state index contributed by atoms with van der Waals surface area (Å²) >= 11 is 3.06. The molecular weight excluding hydrogens is 464 g/mol. The van der Waals surface area contributed by atoms with Gasteiger partial charge >= 0.3 is 0 Å². The van der Waals surface area contributed by atoms with Crippen molar-refractivity contribution in [2.24, 2.45) is 0 Å². The molecule has 3 aromatic carbocycles. The highest BCUT2D eigenvalue weighted by Gasteiger charge is 2.22. The van der Waals surface area contributed by atoms with E-state index in [4.69, 9.17) is 0 Å². The number of thioether (sulfide) groups is 1. The molecule has 8 heteroatoms. The fraction of sp³-hybridized carbons (Fsp3) is 0.192. The van der Waals surface area contributed by atoms with Gasteiger partial charge in [0.2, 0.25) is 5.91 Å². The Balaban J connectivity index is 1.10. The van der Waals surface area contributed by atoms with E-state index in [0.717, 1.165) is 44.6 Å². The second-order valence-electron chi connectivity index (χ2n) is 7.98. The van der Waals surface area contributed by atoms with E-state index in [1.54, 1.807) is 11.3 Å². The Morgan fingerprint density at radius 1 is 0.882 bits per heavy atom. The average Bonchev–Trinajstić information content (AvgIpc) is 3.31. The molecule has 5 rings (SSSR count). The summed E-state index contributed by atoms with van der Waals surface area (Å²) in [6.45, 7) is 2.94. The number of thiazole rings is 1. The van der Waals surface area contributed by atoms with Crippen LogP contribution < -0.4 is 10.2 Å². The average molecular weight is 489 g/mol. The molecule has 1 aliphatic rings. The van der Waals surface area contributed by atoms with E-state index in [-0.39, 0.29) is 11.8 Å². The zero-order chi connectivity index (χ0) is 23.3. The summed E-state index contributed by atoms with van der Waals surface area (Å²) in [4.78, 5) is 33.8. The minimum atomic E-state index is -0.0509. The molecule has 0 aliphatic carbocycles. The third-order valence-electron chi connectivity index (χ3n) is 5.70. The van der Waals surface area contributed by atoms with Crippen molar-refractivity contribution in [3.05, 3.63) is 84.4 Å². The first-order valence-electron chi connectivity index (χ1n) is 11.1. The van der Waals surface area contributed by atoms with E-state index < -0.39 is 0 Å². The Kier molecular flexibility index (Phi) is 6.78. The fourth-order valence-electron chi connectivity index (χ4n) is 3.92. The molecule has 4 aromatic rings. The highest BCUT2D eigenvalue weighted by Crippen LogP contribution is 2.29. The van der Waals surface area contributed by atoms with Crippen LogP contribution in [0.1, 0.15) is 10.4 Å². The number of aromatic nitrogens is 1. The number of piperazine rings is 1. The van der Waals surface area contributed by atoms with Gasteiger partial charge < -0.3 is 15.1 Å². The van der Waals surface area contributed by atoms with Crippen molar-refractivity contribution in [2.45, 2.75) is 4.34 Å². The molecule has 0 unspecified atom stereocenters. The van der Waals surface area contributed by atoms with Gasteiger partial charge in [0.15, 0.2) is 4.34 Å². The van der Waals surface area contributed by atoms with Crippen LogP contribution in [-0.2, 0) is 4.79 Å². The number of hydrogen-bond donors (Lipinski definition) is 1. The molecule has 1 aromatic heterocycles. The fourth-order valence-corrected chi connectivity index (χ4v) is 5.79. The number of benzene rings is 3. The lowest BCUT2D eigenvalue weighted by atomic mass is 10.1. The largest absolute Gasteiger partial charge is 0.368 e. The second-order valence-corrected chi connectivity index (χ2v) is 10.2. The smallest absolute Gasteiger partial charge is 0.253 e. The molecule has 2 amide bonds. The highest BCUT2D eigenvalue weighted by atomic mass is 32.2. The van der Waals surface area contributed by atoms with Crippen molar-refractivity contribution < 1.29 is 9.59 Å². The van der Waals surface area contributed by atoms with Crippen molar-refractivity contribution >= 4 is 56.5 Å². The summed E-state index contributed by atoms with van der Waals surface area (Å²) in [7, 11) is 0. The summed E-state index contributed by atoms with van der Waals surface area (Å²) in [6.07, 6.45) is 0. The number of rotatable bonds is 6. The maximum Gasteiger partial charge on any atom is 0.253 e. The number of nitrogens with one attached hydrogen (secondary N) is 1. The quantitative estimate of drug-likeness (QED) is 0.388. The number of anilines is 2. The first kappa shape index (κ1) is 22.4. The molecule has 34 heavy (non-hydrogen) atoms. The number of carbonyl (C=O) groups is 2. The van der Waals surface area contributed by atoms with Crippen LogP contribution in [0.2, 0.25) is 0 Å². The molecule has 0 saturated carbocycles. The van der Waals surface area contributed by atoms with Gasteiger partial charge in [0.1, 0.15) is 0 Å². The molecule has 0 atom stereocenters. The standard InChI is InChI=1S/C26H24N4O2S2/c31-24(18-33-26-28-22-8-4-5-9-23(22)34-26)27-20-10-12-21(13-11-20)29-14-16-30(17-15-29)25(32)19-6-2-1-3-7-19/h1-13H,14-18H2,(H,27,31). The minimum Gasteiger partial charge on any atom is -0.368 e. The molecule has 2 heterocycles. The van der Waals surface area contributed by atoms with Gasteiger partial charge in [0, 0.05) is 43.1 Å². The first-order chi connectivity index (χ1) is 16.7. The van der Waals surface area contributed by atoms with Crippen molar-refractivity contribution in [1.82, 2.24) is 9.88 Å². The van der Waals surface area contributed by atoms with Crippen LogP contribution in [0, 0.1) is 0 Å². The van der Waals surface area contributed by atoms with Gasteiger partial charge in [-0.25, -0.2) is 4.98 Å². The van der Waals surface area contributed by atoms with E-state index in [2.05, 4.69) is 15.2 Å². The van der Waals surface area contributed by atoms with Crippen molar-refractivity contribution in [2.75, 3.05) is 42.1 Å². The van der Waals surface area contributed by atoms with Crippen LogP contribution >= 0.6 is 23.1 Å². The third-order valence-corrected chi connectivity index (χ3v) is 7.88. The van der Waals surface area contributed by atoms with Gasteiger partial charge in [0.25, 0.3) is 5.91 Å². The zero-order valence-corrected chi connectivity index (χ0v) is 20.1. The molecule has 0 radical (unpaired) electrons. The zero-order valence-electron chi connectivity index (χ0n) is 18.5. The van der Waals surface area contributed by atoms with Crippen molar-refractivity contribution in [3.63, 3.8) is 0 Å². The third kappa shape index (κ3) is 5.24. The van der Waals surface area contributed by atoms with Gasteiger partial charge in [-0.3, -0.25) is 9.59 Å². The van der Waals surface area contributed by atoms with E-state index in [0.29, 0.717) is 18.8 Å². The van der Waals surface area contributed by atoms with Crippen molar-refractivity contribution in [1.29, 1.82) is 0 Å². The van der Waals surface area contributed by atoms with E-state index in [1.165, 1.54) is 11.8 Å². The number of nitrogens with zero attached hydrogens (tertiary/aromatic N) is 3. The predicted octanol–water partition coefficient (Wildman–Crippen LogP) is 4.99. The maximum absolute atomic E-state index is 12.6. The van der Waals surface area contributed by atoms with Gasteiger partial charge in [-0.15, -0.1) is 11.3 Å². The molecule has 1 saturated heterocycles. The molecule has 1 N–H and O–H groups in total. The SMILES string of the molecule is O=C(CSc1nc2ccccc2s1)Nc1ccc(N2CCN(C(=O)c3ccccc3)CC2)cc1. The number of para-hydroxylation sites is 1. The van der Waals surface area contributed by atoms with E-state index in [9.17, 15) is 9.59 Å². The lowest BCUT2D eigenvalue weighted by molar-refractivity contribution is -0.113. The lowest BCUT2D eigenvalue weighted by Gasteiger charge is -2.36. The predicted molar refractivity (Wildman–Crippen MR) is 140 cm³/mol. The Bertz CT molecular complexity index is 1250. The molecule has 1 aliphatic heterocycles. The van der Waals surface area contributed by atoms with E-state index in [1.807, 2.05) is 83.8 Å². The normalized spacial score (nSPS) is 13.8. The minimum absolute atomic E-state index is 0.0509. The Labute approximate surface area is 206 Å². The number of fused-ring (bicyclic) bond motifs is 1. The monoisotopic (exact) mass is 488 g/mol. The molecule has 6 nitrogen and oxygen atoms in total. The molecular formula is C26H24N4O2S2. The van der Waals surface area contributed by atoms with Crippen LogP contribution in [0.4, 0.5) is 11.4 Å². The van der Waals surface area contributed by atoms with Crippen LogP contribution in [0.3, 0.4) is 0 Å². The number of hydrogen-bond acceptors (Lipinski definition) is 6. The maximum atomic E-state index is 12.6. The molecule has 1 fully saturated rings. The Morgan fingerprint density at radius 3 is 2.32 bits per heavy atom. The molecule has 0 bridgehead atoms. The topological polar surface area (TPSA) is 65.5 Å². The number of amides is 2. The first-order valence-corrected chi connectivity index (χ1v) is 12.9. The highest BCUT2D eigenvalue weighted by molar-refractivity contribution is 8.01. The summed E-state index contributed by atoms with van der Waals surface area (Å²) in [5.74, 6) is 0.353. The number of carbonyl (C=O) groups excluding carboxylic acids is 2. The summed E-state index contributed by atoms with van der Waals surface area (Å²) < 4.78 is 2.03. The summed E-state index contributed by atoms with van der Waals surface area (Å²) in [6, 6.07) is 25.3. The van der Waals surface area contributed by atoms with Gasteiger partial charge in [-0.2, -0.15) is 0 Å². The van der Waals surface area contributed by atoms with Crippen molar-refractivity contribution in [3.8, 4) is 0 Å². The van der Waals surface area contributed by atoms with Crippen LogP contribution in [0.5, 0.6) is 0 Å². The summed E-state index contributed by atoms with van der Waals surface area (Å²) in [5.41, 5.74) is 3.57. The van der Waals surface area contributed by atoms with Gasteiger partial charge in [0.05, 0.1) is 16.0 Å². The summed E-state index contributed by atoms with van der Waals surface area (Å²) in [5, 5.41) is 2.96. The lowest BCUT2D eigenvalue weighted by Crippen LogP contribution is -2.48. The van der Waals surface area contributed by atoms with Crippen LogP contribution in [0.15, 0.2) is 83.2 Å². The van der Waals surface area contributed by atoms with Gasteiger partial charge in [-0.05, 0) is 48.5 Å². The Hall–Kier alpha value is -3.36. The van der Waals surface area contributed by atoms with Gasteiger partial charge in [-0.1, -0.05) is 42.1 Å². The Morgan fingerprint density at radius 2 is 1.59 bits per heavy atom. The van der Waals surface area contributed by atoms with Crippen LogP contribution in [-0.4, -0.2) is 53.6 Å².